The van der Waals surface area contributed by atoms with Crippen molar-refractivity contribution in [1.29, 1.82) is 0 Å². The van der Waals surface area contributed by atoms with Gasteiger partial charge in [-0.25, -0.2) is 4.98 Å². The molecule has 0 spiro atoms. The number of nitrogens with one attached hydrogen (secondary N) is 1. The average Bonchev–Trinajstić information content (AvgIpc) is 3.05. The lowest BCUT2D eigenvalue weighted by atomic mass is 9.84. The molecule has 1 aliphatic carbocycles. The maximum Gasteiger partial charge on any atom is 0.223 e. The number of ether oxygens (including phenoxy) is 2. The molecule has 1 N–H and O–H groups in total. The maximum absolute atomic E-state index is 12.3. The molecule has 1 saturated heterocycles. The topological polar surface area (TPSA) is 63.7 Å². The summed E-state index contributed by atoms with van der Waals surface area (Å²) >= 11 is 1.62. The van der Waals surface area contributed by atoms with Crippen LogP contribution in [0.15, 0.2) is 12.1 Å². The second kappa shape index (κ2) is 7.31. The molecule has 0 radical (unpaired) electrons. The van der Waals surface area contributed by atoms with Gasteiger partial charge in [0.05, 0.1) is 14.2 Å². The van der Waals surface area contributed by atoms with E-state index in [1.54, 1.807) is 25.6 Å². The summed E-state index contributed by atoms with van der Waals surface area (Å²) in [5.74, 6) is 2.05. The van der Waals surface area contributed by atoms with Crippen molar-refractivity contribution in [3.8, 4) is 11.5 Å². The third-order valence-electron chi connectivity index (χ3n) is 5.41. The van der Waals surface area contributed by atoms with E-state index in [1.165, 1.54) is 6.42 Å². The fourth-order valence-corrected chi connectivity index (χ4v) is 4.78. The molecule has 7 heteroatoms. The van der Waals surface area contributed by atoms with E-state index in [4.69, 9.17) is 14.5 Å². The van der Waals surface area contributed by atoms with Gasteiger partial charge in [-0.2, -0.15) is 0 Å². The van der Waals surface area contributed by atoms with Crippen LogP contribution in [0.2, 0.25) is 0 Å². The lowest BCUT2D eigenvalue weighted by Crippen LogP contribution is -2.50. The Morgan fingerprint density at radius 2 is 1.96 bits per heavy atom. The van der Waals surface area contributed by atoms with Gasteiger partial charge < -0.3 is 19.7 Å². The number of thiazole rings is 1. The van der Waals surface area contributed by atoms with Crippen LogP contribution in [0.25, 0.3) is 10.2 Å². The van der Waals surface area contributed by atoms with Crippen LogP contribution in [0.5, 0.6) is 11.5 Å². The Hall–Kier alpha value is -2.02. The summed E-state index contributed by atoms with van der Waals surface area (Å²) in [6, 6.07) is 4.01. The van der Waals surface area contributed by atoms with E-state index in [2.05, 4.69) is 10.2 Å². The van der Waals surface area contributed by atoms with Crippen molar-refractivity contribution in [2.75, 3.05) is 32.2 Å². The monoisotopic (exact) mass is 375 g/mol. The van der Waals surface area contributed by atoms with E-state index in [-0.39, 0.29) is 17.9 Å². The number of aromatic nitrogens is 1. The second-order valence-corrected chi connectivity index (χ2v) is 8.04. The van der Waals surface area contributed by atoms with Crippen LogP contribution in [-0.4, -0.2) is 44.2 Å². The Morgan fingerprint density at radius 3 is 2.65 bits per heavy atom. The summed E-state index contributed by atoms with van der Waals surface area (Å²) in [5, 5.41) is 4.21. The number of nitrogens with zero attached hydrogens (tertiary/aromatic N) is 2. The van der Waals surface area contributed by atoms with Crippen molar-refractivity contribution in [3.63, 3.8) is 0 Å². The highest BCUT2D eigenvalue weighted by atomic mass is 32.1. The molecule has 1 amide bonds. The minimum absolute atomic E-state index is 0.202. The van der Waals surface area contributed by atoms with E-state index < -0.39 is 0 Å². The van der Waals surface area contributed by atoms with Gasteiger partial charge in [-0.05, 0) is 37.8 Å². The lowest BCUT2D eigenvalue weighted by molar-refractivity contribution is -0.128. The highest BCUT2D eigenvalue weighted by molar-refractivity contribution is 7.22. The molecule has 4 rings (SSSR count). The van der Waals surface area contributed by atoms with E-state index in [0.29, 0.717) is 0 Å². The van der Waals surface area contributed by atoms with E-state index >= 15 is 0 Å². The van der Waals surface area contributed by atoms with Crippen molar-refractivity contribution >= 4 is 32.6 Å². The highest BCUT2D eigenvalue weighted by Crippen LogP contribution is 2.40. The molecule has 2 fully saturated rings. The van der Waals surface area contributed by atoms with Gasteiger partial charge in [0.15, 0.2) is 5.13 Å². The number of methoxy groups -OCH3 is 2. The molecule has 2 aliphatic rings. The summed E-state index contributed by atoms with van der Waals surface area (Å²) in [6.07, 6.45) is 5.36. The molecule has 1 aromatic carbocycles. The highest BCUT2D eigenvalue weighted by Gasteiger charge is 2.29. The van der Waals surface area contributed by atoms with Gasteiger partial charge in [-0.15, -0.1) is 0 Å². The Labute approximate surface area is 157 Å². The number of hydrogen-bond acceptors (Lipinski definition) is 6. The molecule has 26 heavy (non-hydrogen) atoms. The molecular formula is C19H25N3O3S. The van der Waals surface area contributed by atoms with E-state index in [9.17, 15) is 4.79 Å². The molecular weight excluding hydrogens is 350 g/mol. The number of hydrogen-bond donors (Lipinski definition) is 1. The molecule has 2 aromatic rings. The zero-order valence-electron chi connectivity index (χ0n) is 15.3. The zero-order chi connectivity index (χ0) is 18.1. The zero-order valence-corrected chi connectivity index (χ0v) is 16.1. The molecule has 1 atom stereocenters. The number of amides is 1. The maximum atomic E-state index is 12.3. The Morgan fingerprint density at radius 1 is 1.19 bits per heavy atom. The van der Waals surface area contributed by atoms with Gasteiger partial charge in [0.1, 0.15) is 21.7 Å². The second-order valence-electron chi connectivity index (χ2n) is 7.07. The van der Waals surface area contributed by atoms with Gasteiger partial charge in [0, 0.05) is 25.0 Å². The molecule has 1 saturated carbocycles. The summed E-state index contributed by atoms with van der Waals surface area (Å²) < 4.78 is 11.9. The standard InChI is InChI=1S/C19H25N3O3S/c1-24-14-8-9-15(25-2)17-16(14)21-19(26-17)22-10-4-7-13(11-22)20-18(23)12-5-3-6-12/h8-9,12-13H,3-7,10-11H2,1-2H3,(H,20,23). The summed E-state index contributed by atoms with van der Waals surface area (Å²) in [4.78, 5) is 19.4. The van der Waals surface area contributed by atoms with Crippen LogP contribution in [0, 0.1) is 5.92 Å². The first-order chi connectivity index (χ1) is 12.7. The first-order valence-corrected chi connectivity index (χ1v) is 10.1. The quantitative estimate of drug-likeness (QED) is 0.869. The third-order valence-corrected chi connectivity index (χ3v) is 6.54. The Kier molecular flexibility index (Phi) is 4.89. The number of fused-ring (bicyclic) bond motifs is 1. The van der Waals surface area contributed by atoms with Gasteiger partial charge in [-0.3, -0.25) is 4.79 Å². The molecule has 6 nitrogen and oxygen atoms in total. The van der Waals surface area contributed by atoms with Crippen molar-refractivity contribution < 1.29 is 14.3 Å². The van der Waals surface area contributed by atoms with E-state index in [0.717, 1.165) is 65.6 Å². The summed E-state index contributed by atoms with van der Waals surface area (Å²) in [6.45, 7) is 1.77. The Bertz CT molecular complexity index is 762. The number of piperidine rings is 1. The van der Waals surface area contributed by atoms with Crippen molar-refractivity contribution in [2.24, 2.45) is 5.92 Å². The predicted molar refractivity (Wildman–Crippen MR) is 103 cm³/mol. The van der Waals surface area contributed by atoms with Crippen LogP contribution >= 0.6 is 11.3 Å². The lowest BCUT2D eigenvalue weighted by Gasteiger charge is -2.34. The van der Waals surface area contributed by atoms with Gasteiger partial charge >= 0.3 is 0 Å². The molecule has 2 heterocycles. The van der Waals surface area contributed by atoms with Gasteiger partial charge in [-0.1, -0.05) is 17.8 Å². The van der Waals surface area contributed by atoms with E-state index in [1.807, 2.05) is 12.1 Å². The Balaban J connectivity index is 1.53. The molecule has 140 valence electrons. The predicted octanol–water partition coefficient (Wildman–Crippen LogP) is 3.20. The third kappa shape index (κ3) is 3.20. The number of anilines is 1. The fourth-order valence-electron chi connectivity index (χ4n) is 3.67. The van der Waals surface area contributed by atoms with Gasteiger partial charge in [0.2, 0.25) is 5.91 Å². The fraction of sp³-hybridized carbons (Fsp3) is 0.579. The van der Waals surface area contributed by atoms with Crippen molar-refractivity contribution in [3.05, 3.63) is 12.1 Å². The number of rotatable bonds is 5. The summed E-state index contributed by atoms with van der Waals surface area (Å²) in [7, 11) is 3.33. The van der Waals surface area contributed by atoms with Crippen LogP contribution in [-0.2, 0) is 4.79 Å². The van der Waals surface area contributed by atoms with Crippen molar-refractivity contribution in [1.82, 2.24) is 10.3 Å². The van der Waals surface area contributed by atoms with Gasteiger partial charge in [0.25, 0.3) is 0 Å². The minimum Gasteiger partial charge on any atom is -0.495 e. The first-order valence-electron chi connectivity index (χ1n) is 9.26. The van der Waals surface area contributed by atoms with Crippen molar-refractivity contribution in [2.45, 2.75) is 38.1 Å². The normalized spacial score (nSPS) is 20.7. The minimum atomic E-state index is 0.202. The van der Waals surface area contributed by atoms with Crippen LogP contribution < -0.4 is 19.7 Å². The number of carbonyl (C=O) groups excluding carboxylic acids is 1. The molecule has 0 bridgehead atoms. The van der Waals surface area contributed by atoms with Crippen LogP contribution in [0.4, 0.5) is 5.13 Å². The number of carbonyl (C=O) groups is 1. The molecule has 1 aliphatic heterocycles. The average molecular weight is 375 g/mol. The first kappa shape index (κ1) is 17.4. The molecule has 1 aromatic heterocycles. The largest absolute Gasteiger partial charge is 0.495 e. The van der Waals surface area contributed by atoms with Crippen LogP contribution in [0.1, 0.15) is 32.1 Å². The smallest absolute Gasteiger partial charge is 0.223 e. The number of benzene rings is 1. The molecule has 1 unspecified atom stereocenters. The SMILES string of the molecule is COc1ccc(OC)c2sc(N3CCCC(NC(=O)C4CCC4)C3)nc12. The van der Waals surface area contributed by atoms with Crippen LogP contribution in [0.3, 0.4) is 0 Å². The summed E-state index contributed by atoms with van der Waals surface area (Å²) in [5.41, 5.74) is 0.840.